The smallest absolute Gasteiger partial charge is 0.311 e. The molecule has 1 aliphatic heterocycles. The molecule has 0 unspecified atom stereocenters. The molecule has 3 rings (SSSR count). The van der Waals surface area contributed by atoms with Gasteiger partial charge in [0, 0.05) is 29.9 Å². The van der Waals surface area contributed by atoms with Crippen molar-refractivity contribution in [2.24, 2.45) is 5.92 Å². The Hall–Kier alpha value is -3.68. The molecule has 0 radical (unpaired) electrons. The molecule has 1 N–H and O–H groups in total. The number of esters is 1. The number of hydrogen-bond donors (Lipinski definition) is 1. The monoisotopic (exact) mass is 424 g/mol. The summed E-state index contributed by atoms with van der Waals surface area (Å²) in [5.74, 6) is -1.28. The second-order valence-corrected chi connectivity index (χ2v) is 7.12. The van der Waals surface area contributed by atoms with Crippen molar-refractivity contribution in [3.63, 3.8) is 0 Å². The van der Waals surface area contributed by atoms with Crippen LogP contribution >= 0.6 is 0 Å². The summed E-state index contributed by atoms with van der Waals surface area (Å²) in [4.78, 5) is 49.5. The second kappa shape index (κ2) is 9.88. The van der Waals surface area contributed by atoms with Gasteiger partial charge < -0.3 is 19.7 Å². The average Bonchev–Trinajstić information content (AvgIpc) is 3.15. The Labute approximate surface area is 180 Å². The van der Waals surface area contributed by atoms with E-state index in [0.717, 1.165) is 0 Å². The van der Waals surface area contributed by atoms with Crippen LogP contribution in [0.5, 0.6) is 5.75 Å². The first-order valence-electron chi connectivity index (χ1n) is 9.98. The number of anilines is 2. The maximum atomic E-state index is 12.3. The van der Waals surface area contributed by atoms with Crippen LogP contribution in [0.15, 0.2) is 48.5 Å². The van der Waals surface area contributed by atoms with Crippen LogP contribution in [0.2, 0.25) is 0 Å². The molecule has 2 amide bonds. The third-order valence-corrected chi connectivity index (χ3v) is 4.84. The maximum Gasteiger partial charge on any atom is 0.311 e. The van der Waals surface area contributed by atoms with Gasteiger partial charge >= 0.3 is 5.97 Å². The summed E-state index contributed by atoms with van der Waals surface area (Å²) in [7, 11) is 0. The number of hydrogen-bond acceptors (Lipinski definition) is 6. The molecule has 1 atom stereocenters. The molecule has 0 spiro atoms. The van der Waals surface area contributed by atoms with E-state index in [1.807, 2.05) is 6.92 Å². The van der Waals surface area contributed by atoms with E-state index in [9.17, 15) is 19.2 Å². The highest BCUT2D eigenvalue weighted by Gasteiger charge is 2.36. The fourth-order valence-electron chi connectivity index (χ4n) is 3.24. The van der Waals surface area contributed by atoms with Crippen LogP contribution in [-0.2, 0) is 19.1 Å². The lowest BCUT2D eigenvalue weighted by atomic mass is 10.1. The van der Waals surface area contributed by atoms with Gasteiger partial charge in [-0.3, -0.25) is 19.2 Å². The topological polar surface area (TPSA) is 102 Å². The quantitative estimate of drug-likeness (QED) is 0.516. The second-order valence-electron chi connectivity index (χ2n) is 7.12. The predicted octanol–water partition coefficient (Wildman–Crippen LogP) is 2.82. The number of rotatable bonds is 8. The van der Waals surface area contributed by atoms with Gasteiger partial charge in [-0.15, -0.1) is 0 Å². The minimum absolute atomic E-state index is 0.0279. The molecule has 0 saturated carbocycles. The summed E-state index contributed by atoms with van der Waals surface area (Å²) in [5, 5.41) is 2.60. The van der Waals surface area contributed by atoms with Crippen LogP contribution in [0.4, 0.5) is 11.4 Å². The van der Waals surface area contributed by atoms with Crippen LogP contribution in [0.1, 0.15) is 30.6 Å². The number of nitrogens with one attached hydrogen (secondary N) is 1. The number of amides is 2. The fraction of sp³-hybridized carbons (Fsp3) is 0.304. The molecule has 31 heavy (non-hydrogen) atoms. The van der Waals surface area contributed by atoms with E-state index in [4.69, 9.17) is 9.47 Å². The van der Waals surface area contributed by atoms with E-state index in [1.165, 1.54) is 11.8 Å². The Balaban J connectivity index is 1.49. The number of ether oxygens (including phenoxy) is 2. The maximum absolute atomic E-state index is 12.3. The summed E-state index contributed by atoms with van der Waals surface area (Å²) in [5.41, 5.74) is 1.70. The zero-order valence-corrected chi connectivity index (χ0v) is 17.4. The van der Waals surface area contributed by atoms with Crippen molar-refractivity contribution < 1.29 is 28.7 Å². The normalized spacial score (nSPS) is 15.5. The van der Waals surface area contributed by atoms with Crippen molar-refractivity contribution in [1.29, 1.82) is 0 Å². The van der Waals surface area contributed by atoms with E-state index in [2.05, 4.69) is 5.32 Å². The van der Waals surface area contributed by atoms with Gasteiger partial charge in [0.2, 0.25) is 5.91 Å². The molecule has 0 aliphatic carbocycles. The number of benzene rings is 2. The largest absolute Gasteiger partial charge is 0.494 e. The Morgan fingerprint density at radius 1 is 1.06 bits per heavy atom. The number of Topliss-reactive ketones (excluding diaryl/α,β-unsaturated/α-hetero) is 1. The van der Waals surface area contributed by atoms with Crippen LogP contribution in [0.3, 0.4) is 0 Å². The first-order valence-corrected chi connectivity index (χ1v) is 9.98. The minimum Gasteiger partial charge on any atom is -0.494 e. The molecule has 1 heterocycles. The lowest BCUT2D eigenvalue weighted by Crippen LogP contribution is -2.28. The number of nitrogens with zero attached hydrogens (tertiary/aromatic N) is 1. The van der Waals surface area contributed by atoms with Gasteiger partial charge in [-0.2, -0.15) is 0 Å². The van der Waals surface area contributed by atoms with Gasteiger partial charge in [-0.05, 0) is 62.4 Å². The lowest BCUT2D eigenvalue weighted by molar-refractivity contribution is -0.151. The third-order valence-electron chi connectivity index (χ3n) is 4.84. The average molecular weight is 424 g/mol. The highest BCUT2D eigenvalue weighted by atomic mass is 16.5. The Morgan fingerprint density at radius 2 is 1.74 bits per heavy atom. The number of carbonyl (C=O) groups is 4. The molecule has 0 aromatic heterocycles. The molecule has 2 aromatic carbocycles. The summed E-state index contributed by atoms with van der Waals surface area (Å²) in [6, 6.07) is 13.5. The standard InChI is InChI=1S/C23H24N2O6/c1-3-30-20-10-8-19(9-11-20)25-13-17(12-22(25)28)23(29)31-14-21(27)24-18-6-4-16(5-7-18)15(2)26/h4-11,17H,3,12-14H2,1-2H3,(H,24,27)/t17-/m1/s1. The molecule has 8 heteroatoms. The van der Waals surface area contributed by atoms with Gasteiger partial charge in [0.25, 0.3) is 5.91 Å². The summed E-state index contributed by atoms with van der Waals surface area (Å²) in [6.07, 6.45) is 0.0279. The molecule has 1 saturated heterocycles. The number of carbonyl (C=O) groups excluding carboxylic acids is 4. The Morgan fingerprint density at radius 3 is 2.35 bits per heavy atom. The first-order chi connectivity index (χ1) is 14.9. The van der Waals surface area contributed by atoms with Gasteiger partial charge in [-0.25, -0.2) is 0 Å². The SMILES string of the molecule is CCOc1ccc(N2C[C@H](C(=O)OCC(=O)Nc3ccc(C(C)=O)cc3)CC2=O)cc1. The van der Waals surface area contributed by atoms with Crippen molar-refractivity contribution in [1.82, 2.24) is 0 Å². The molecule has 1 fully saturated rings. The van der Waals surface area contributed by atoms with Gasteiger partial charge in [0.15, 0.2) is 12.4 Å². The van der Waals surface area contributed by atoms with E-state index in [0.29, 0.717) is 29.3 Å². The van der Waals surface area contributed by atoms with E-state index in [-0.39, 0.29) is 24.7 Å². The fourth-order valence-corrected chi connectivity index (χ4v) is 3.24. The van der Waals surface area contributed by atoms with Crippen LogP contribution < -0.4 is 15.0 Å². The molecule has 0 bridgehead atoms. The van der Waals surface area contributed by atoms with Crippen LogP contribution in [-0.4, -0.2) is 43.3 Å². The molecule has 2 aromatic rings. The van der Waals surface area contributed by atoms with Gasteiger partial charge in [0.1, 0.15) is 5.75 Å². The van der Waals surface area contributed by atoms with Crippen molar-refractivity contribution in [2.75, 3.05) is 30.0 Å². The number of ketones is 1. The highest BCUT2D eigenvalue weighted by Crippen LogP contribution is 2.27. The molecular weight excluding hydrogens is 400 g/mol. The summed E-state index contributed by atoms with van der Waals surface area (Å²) >= 11 is 0. The molecule has 162 valence electrons. The van der Waals surface area contributed by atoms with E-state index in [1.54, 1.807) is 48.5 Å². The van der Waals surface area contributed by atoms with Crippen molar-refractivity contribution in [3.05, 3.63) is 54.1 Å². The van der Waals surface area contributed by atoms with E-state index >= 15 is 0 Å². The predicted molar refractivity (Wildman–Crippen MR) is 114 cm³/mol. The third kappa shape index (κ3) is 5.69. The van der Waals surface area contributed by atoms with Crippen LogP contribution in [0.25, 0.3) is 0 Å². The van der Waals surface area contributed by atoms with E-state index < -0.39 is 24.4 Å². The van der Waals surface area contributed by atoms with Gasteiger partial charge in [-0.1, -0.05) is 0 Å². The van der Waals surface area contributed by atoms with Crippen molar-refractivity contribution in [2.45, 2.75) is 20.3 Å². The zero-order chi connectivity index (χ0) is 22.4. The zero-order valence-electron chi connectivity index (χ0n) is 17.4. The molecule has 1 aliphatic rings. The first kappa shape index (κ1) is 22.0. The van der Waals surface area contributed by atoms with Crippen molar-refractivity contribution in [3.8, 4) is 5.75 Å². The Kier molecular flexibility index (Phi) is 7.02. The molecular formula is C23H24N2O6. The summed E-state index contributed by atoms with van der Waals surface area (Å²) in [6.45, 7) is 3.63. The lowest BCUT2D eigenvalue weighted by Gasteiger charge is -2.17. The van der Waals surface area contributed by atoms with Crippen LogP contribution in [0, 0.1) is 5.92 Å². The van der Waals surface area contributed by atoms with Crippen molar-refractivity contribution >= 4 is 34.9 Å². The summed E-state index contributed by atoms with van der Waals surface area (Å²) < 4.78 is 10.5. The molecule has 8 nitrogen and oxygen atoms in total. The minimum atomic E-state index is -0.637. The highest BCUT2D eigenvalue weighted by molar-refractivity contribution is 6.00. The Bertz CT molecular complexity index is 969. The van der Waals surface area contributed by atoms with Gasteiger partial charge in [0.05, 0.1) is 12.5 Å².